The number of ketones is 1. The highest BCUT2D eigenvalue weighted by Gasteiger charge is 2.30. The van der Waals surface area contributed by atoms with Gasteiger partial charge in [0.25, 0.3) is 5.91 Å². The first-order valence-electron chi connectivity index (χ1n) is 8.80. The minimum atomic E-state index is -4.51. The molecule has 0 saturated carbocycles. The summed E-state index contributed by atoms with van der Waals surface area (Å²) in [6.45, 7) is 0.712. The van der Waals surface area contributed by atoms with Crippen molar-refractivity contribution < 1.29 is 32.3 Å². The lowest BCUT2D eigenvalue weighted by Crippen LogP contribution is -2.43. The Labute approximate surface area is 165 Å². The van der Waals surface area contributed by atoms with Gasteiger partial charge in [-0.25, -0.2) is 0 Å². The monoisotopic (exact) mass is 407 g/mol. The number of nitrogens with one attached hydrogen (secondary N) is 1. The van der Waals surface area contributed by atoms with Crippen LogP contribution in [0.4, 0.5) is 13.2 Å². The van der Waals surface area contributed by atoms with Crippen LogP contribution in [0, 0.1) is 0 Å². The molecule has 29 heavy (non-hydrogen) atoms. The number of hydrogen-bond donors (Lipinski definition) is 1. The van der Waals surface area contributed by atoms with E-state index in [-0.39, 0.29) is 11.3 Å². The lowest BCUT2D eigenvalue weighted by molar-refractivity contribution is -0.148. The fourth-order valence-electron chi connectivity index (χ4n) is 2.60. The van der Waals surface area contributed by atoms with E-state index >= 15 is 0 Å². The van der Waals surface area contributed by atoms with Crippen LogP contribution in [-0.2, 0) is 38.1 Å². The van der Waals surface area contributed by atoms with E-state index in [0.717, 1.165) is 17.7 Å². The molecule has 5 nitrogen and oxygen atoms in total. The van der Waals surface area contributed by atoms with Gasteiger partial charge in [-0.3, -0.25) is 14.4 Å². The van der Waals surface area contributed by atoms with E-state index in [1.807, 2.05) is 30.3 Å². The van der Waals surface area contributed by atoms with Gasteiger partial charge in [0.05, 0.1) is 18.0 Å². The molecule has 8 heteroatoms. The molecule has 0 fully saturated rings. The summed E-state index contributed by atoms with van der Waals surface area (Å²) in [6, 6.07) is 12.6. The van der Waals surface area contributed by atoms with Gasteiger partial charge in [0.1, 0.15) is 0 Å². The van der Waals surface area contributed by atoms with Crippen LogP contribution >= 0.6 is 0 Å². The van der Waals surface area contributed by atoms with E-state index in [9.17, 15) is 27.6 Å². The summed E-state index contributed by atoms with van der Waals surface area (Å²) in [6.07, 6.45) is -4.63. The summed E-state index contributed by atoms with van der Waals surface area (Å²) in [5.74, 6) is -1.77. The SMILES string of the molecule is CC(=O)[C@H](Cc1ccccc1)NC(=O)COC(=O)Cc1cccc(C(F)(F)F)c1. The molecule has 0 aliphatic heterocycles. The van der Waals surface area contributed by atoms with E-state index in [2.05, 4.69) is 5.32 Å². The normalized spacial score (nSPS) is 12.1. The number of ether oxygens (including phenoxy) is 1. The van der Waals surface area contributed by atoms with E-state index in [1.54, 1.807) is 0 Å². The number of rotatable bonds is 8. The first-order chi connectivity index (χ1) is 13.6. The largest absolute Gasteiger partial charge is 0.455 e. The zero-order valence-electron chi connectivity index (χ0n) is 15.7. The second-order valence-electron chi connectivity index (χ2n) is 6.46. The molecule has 2 aromatic carbocycles. The van der Waals surface area contributed by atoms with Gasteiger partial charge in [0, 0.05) is 0 Å². The summed E-state index contributed by atoms with van der Waals surface area (Å²) >= 11 is 0. The molecule has 154 valence electrons. The van der Waals surface area contributed by atoms with Gasteiger partial charge in [-0.15, -0.1) is 0 Å². The Hall–Kier alpha value is -3.16. The highest BCUT2D eigenvalue weighted by molar-refractivity contribution is 5.89. The molecule has 2 rings (SSSR count). The summed E-state index contributed by atoms with van der Waals surface area (Å²) in [5.41, 5.74) is 0.108. The van der Waals surface area contributed by atoms with Gasteiger partial charge in [-0.2, -0.15) is 13.2 Å². The fourth-order valence-corrected chi connectivity index (χ4v) is 2.60. The molecule has 0 bridgehead atoms. The smallest absolute Gasteiger partial charge is 0.416 e. The Morgan fingerprint density at radius 3 is 2.28 bits per heavy atom. The molecule has 2 aromatic rings. The maximum atomic E-state index is 12.7. The average molecular weight is 407 g/mol. The van der Waals surface area contributed by atoms with Gasteiger partial charge < -0.3 is 10.1 Å². The number of halogens is 3. The van der Waals surface area contributed by atoms with Crippen LogP contribution in [0.1, 0.15) is 23.6 Å². The maximum Gasteiger partial charge on any atom is 0.416 e. The second kappa shape index (κ2) is 9.86. The van der Waals surface area contributed by atoms with Crippen molar-refractivity contribution in [2.45, 2.75) is 32.0 Å². The van der Waals surface area contributed by atoms with E-state index in [0.29, 0.717) is 6.42 Å². The van der Waals surface area contributed by atoms with Crippen LogP contribution in [0.2, 0.25) is 0 Å². The van der Waals surface area contributed by atoms with Gasteiger partial charge in [-0.1, -0.05) is 48.5 Å². The highest BCUT2D eigenvalue weighted by Crippen LogP contribution is 2.29. The van der Waals surface area contributed by atoms with E-state index in [1.165, 1.54) is 19.1 Å². The number of hydrogen-bond acceptors (Lipinski definition) is 4. The predicted molar refractivity (Wildman–Crippen MR) is 98.9 cm³/mol. The molecular formula is C21H20F3NO4. The van der Waals surface area contributed by atoms with Crippen molar-refractivity contribution in [2.24, 2.45) is 0 Å². The van der Waals surface area contributed by atoms with Crippen molar-refractivity contribution in [2.75, 3.05) is 6.61 Å². The van der Waals surface area contributed by atoms with Crippen LogP contribution in [0.5, 0.6) is 0 Å². The fraction of sp³-hybridized carbons (Fsp3) is 0.286. The summed E-state index contributed by atoms with van der Waals surface area (Å²) in [4.78, 5) is 35.6. The van der Waals surface area contributed by atoms with E-state index in [4.69, 9.17) is 4.74 Å². The number of amides is 1. The van der Waals surface area contributed by atoms with Crippen molar-refractivity contribution in [1.82, 2.24) is 5.32 Å². The molecule has 0 radical (unpaired) electrons. The number of Topliss-reactive ketones (excluding diaryl/α,β-unsaturated/α-hetero) is 1. The number of benzene rings is 2. The quantitative estimate of drug-likeness (QED) is 0.683. The van der Waals surface area contributed by atoms with Gasteiger partial charge >= 0.3 is 12.1 Å². The third-order valence-corrected chi connectivity index (χ3v) is 4.08. The predicted octanol–water partition coefficient (Wildman–Crippen LogP) is 3.11. The molecule has 1 amide bonds. The van der Waals surface area contributed by atoms with Crippen molar-refractivity contribution in [3.63, 3.8) is 0 Å². The first kappa shape index (κ1) is 22.1. The standard InChI is InChI=1S/C21H20F3NO4/c1-14(26)18(11-15-6-3-2-4-7-15)25-19(27)13-29-20(28)12-16-8-5-9-17(10-16)21(22,23)24/h2-10,18H,11-13H2,1H3,(H,25,27)/t18-/m0/s1. The van der Waals surface area contributed by atoms with Crippen molar-refractivity contribution in [3.05, 3.63) is 71.3 Å². The number of carbonyl (C=O) groups is 3. The number of carbonyl (C=O) groups excluding carboxylic acids is 3. The summed E-state index contributed by atoms with van der Waals surface area (Å²) < 4.78 is 42.9. The summed E-state index contributed by atoms with van der Waals surface area (Å²) in [7, 11) is 0. The first-order valence-corrected chi connectivity index (χ1v) is 8.80. The second-order valence-corrected chi connectivity index (χ2v) is 6.46. The highest BCUT2D eigenvalue weighted by atomic mass is 19.4. The molecule has 1 N–H and O–H groups in total. The molecular weight excluding hydrogens is 387 g/mol. The van der Waals surface area contributed by atoms with Crippen LogP contribution < -0.4 is 5.32 Å². The third-order valence-electron chi connectivity index (χ3n) is 4.08. The number of esters is 1. The zero-order valence-corrected chi connectivity index (χ0v) is 15.7. The Morgan fingerprint density at radius 2 is 1.66 bits per heavy atom. The van der Waals surface area contributed by atoms with Crippen molar-refractivity contribution in [1.29, 1.82) is 0 Å². The van der Waals surface area contributed by atoms with Crippen LogP contribution in [0.3, 0.4) is 0 Å². The third kappa shape index (κ3) is 7.40. The molecule has 0 saturated heterocycles. The van der Waals surface area contributed by atoms with Crippen molar-refractivity contribution >= 4 is 17.7 Å². The Balaban J connectivity index is 1.86. The summed E-state index contributed by atoms with van der Waals surface area (Å²) in [5, 5.41) is 2.50. The van der Waals surface area contributed by atoms with Gasteiger partial charge in [0.2, 0.25) is 0 Å². The maximum absolute atomic E-state index is 12.7. The van der Waals surface area contributed by atoms with E-state index < -0.39 is 42.7 Å². The Kier molecular flexibility index (Phi) is 7.52. The van der Waals surface area contributed by atoms with Crippen molar-refractivity contribution in [3.8, 4) is 0 Å². The Morgan fingerprint density at radius 1 is 1.00 bits per heavy atom. The van der Waals surface area contributed by atoms with Gasteiger partial charge in [0.15, 0.2) is 12.4 Å². The minimum Gasteiger partial charge on any atom is -0.455 e. The van der Waals surface area contributed by atoms with Gasteiger partial charge in [-0.05, 0) is 30.5 Å². The molecule has 0 aliphatic rings. The van der Waals surface area contributed by atoms with Crippen LogP contribution in [-0.4, -0.2) is 30.3 Å². The minimum absolute atomic E-state index is 0.121. The topological polar surface area (TPSA) is 72.5 Å². The van der Waals surface area contributed by atoms with Crippen LogP contribution in [0.25, 0.3) is 0 Å². The lowest BCUT2D eigenvalue weighted by Gasteiger charge is -2.16. The van der Waals surface area contributed by atoms with Crippen LogP contribution in [0.15, 0.2) is 54.6 Å². The molecule has 0 unspecified atom stereocenters. The molecule has 0 aliphatic carbocycles. The lowest BCUT2D eigenvalue weighted by atomic mass is 10.0. The Bertz CT molecular complexity index is 866. The average Bonchev–Trinajstić information content (AvgIpc) is 2.66. The zero-order chi connectivity index (χ0) is 21.4. The number of alkyl halides is 3. The molecule has 1 atom stereocenters. The molecule has 0 spiro atoms. The molecule has 0 aromatic heterocycles. The molecule has 0 heterocycles.